The molecule has 0 aliphatic carbocycles. The lowest BCUT2D eigenvalue weighted by molar-refractivity contribution is -0.124. The van der Waals surface area contributed by atoms with Crippen molar-refractivity contribution in [2.24, 2.45) is 5.92 Å². The van der Waals surface area contributed by atoms with Gasteiger partial charge in [0.25, 0.3) is 17.6 Å². The number of amides is 2. The topological polar surface area (TPSA) is 98.1 Å². The highest BCUT2D eigenvalue weighted by Crippen LogP contribution is 2.33. The molecule has 0 N–H and O–H groups in total. The van der Waals surface area contributed by atoms with Gasteiger partial charge in [0.15, 0.2) is 0 Å². The van der Waals surface area contributed by atoms with Gasteiger partial charge in [0.05, 0.1) is 23.8 Å². The molecular formula is C31H36FN3O6. The number of rotatable bonds is 6. The van der Waals surface area contributed by atoms with Crippen LogP contribution in [0.25, 0.3) is 10.9 Å². The Hall–Kier alpha value is -4.21. The maximum Gasteiger partial charge on any atom is 0.419 e. The van der Waals surface area contributed by atoms with E-state index in [1.165, 1.54) is 51.7 Å². The highest BCUT2D eigenvalue weighted by Gasteiger charge is 2.31. The summed E-state index contributed by atoms with van der Waals surface area (Å²) in [7, 11) is 4.35. The molecule has 1 aromatic heterocycles. The third-order valence-corrected chi connectivity index (χ3v) is 7.13. The molecule has 0 spiro atoms. The smallest absolute Gasteiger partial charge is 0.419 e. The maximum absolute atomic E-state index is 13.7. The van der Waals surface area contributed by atoms with E-state index >= 15 is 0 Å². The number of hydrogen-bond acceptors (Lipinski definition) is 6. The summed E-state index contributed by atoms with van der Waals surface area (Å²) in [5.74, 6) is -1.52. The maximum atomic E-state index is 13.7. The van der Waals surface area contributed by atoms with Gasteiger partial charge < -0.3 is 19.3 Å². The average Bonchev–Trinajstić information content (AvgIpc) is 3.30. The van der Waals surface area contributed by atoms with Gasteiger partial charge in [-0.2, -0.15) is 0 Å². The number of likely N-dealkylation sites (N-methyl/N-ethyl adjacent to an activating group) is 1. The molecule has 0 saturated carbocycles. The first-order valence-corrected chi connectivity index (χ1v) is 13.5. The summed E-state index contributed by atoms with van der Waals surface area (Å²) in [4.78, 5) is 55.4. The predicted molar refractivity (Wildman–Crippen MR) is 152 cm³/mol. The van der Waals surface area contributed by atoms with Crippen molar-refractivity contribution in [3.05, 3.63) is 65.1 Å². The normalized spacial score (nSPS) is 14.2. The number of halogens is 1. The van der Waals surface area contributed by atoms with Crippen LogP contribution < -0.4 is 4.74 Å². The monoisotopic (exact) mass is 565 g/mol. The number of likely N-dealkylation sites (tertiary alicyclic amines) is 1. The lowest BCUT2D eigenvalue weighted by atomic mass is 9.90. The standard InChI is InChI=1S/C31H36FN3O6/c1-31(2,3)41-30(39)35-18-24(27(36)29(38)33(4)5)22-16-23(26(40-6)17-25(22)35)28(37)34-13-11-20(12-14-34)15-19-7-9-21(32)10-8-19/h7-10,16-18,20H,11-15H2,1-6H3. The van der Waals surface area contributed by atoms with Gasteiger partial charge in [-0.3, -0.25) is 19.0 Å². The van der Waals surface area contributed by atoms with Gasteiger partial charge in [0, 0.05) is 44.8 Å². The molecule has 4 rings (SSSR count). The number of hydrogen-bond donors (Lipinski definition) is 0. The summed E-state index contributed by atoms with van der Waals surface area (Å²) in [5.41, 5.74) is 0.743. The Balaban J connectivity index is 1.66. The Kier molecular flexibility index (Phi) is 8.51. The number of fused-ring (bicyclic) bond motifs is 1. The number of ketones is 1. The molecule has 41 heavy (non-hydrogen) atoms. The van der Waals surface area contributed by atoms with Crippen LogP contribution in [0.3, 0.4) is 0 Å². The number of aromatic nitrogens is 1. The van der Waals surface area contributed by atoms with E-state index in [0.29, 0.717) is 19.0 Å². The molecule has 0 atom stereocenters. The summed E-state index contributed by atoms with van der Waals surface area (Å²) >= 11 is 0. The Morgan fingerprint density at radius 3 is 2.20 bits per heavy atom. The Labute approximate surface area is 238 Å². The van der Waals surface area contributed by atoms with Gasteiger partial charge in [0.2, 0.25) is 0 Å². The zero-order valence-corrected chi connectivity index (χ0v) is 24.3. The molecule has 1 saturated heterocycles. The first-order chi connectivity index (χ1) is 19.3. The molecule has 2 heterocycles. The summed E-state index contributed by atoms with van der Waals surface area (Å²) < 4.78 is 25.5. The fraction of sp³-hybridized carbons (Fsp3) is 0.419. The number of ether oxygens (including phenoxy) is 2. The molecule has 0 radical (unpaired) electrons. The van der Waals surface area contributed by atoms with Gasteiger partial charge >= 0.3 is 6.09 Å². The van der Waals surface area contributed by atoms with E-state index in [1.807, 2.05) is 0 Å². The van der Waals surface area contributed by atoms with Crippen molar-refractivity contribution < 1.29 is 33.0 Å². The molecule has 0 bridgehead atoms. The van der Waals surface area contributed by atoms with E-state index in [4.69, 9.17) is 9.47 Å². The number of benzene rings is 2. The second-order valence-electron chi connectivity index (χ2n) is 11.6. The molecule has 3 aromatic rings. The summed E-state index contributed by atoms with van der Waals surface area (Å²) in [6.07, 6.45) is 2.91. The fourth-order valence-electron chi connectivity index (χ4n) is 5.01. The second kappa shape index (κ2) is 11.7. The third-order valence-electron chi connectivity index (χ3n) is 7.13. The minimum Gasteiger partial charge on any atom is -0.496 e. The first-order valence-electron chi connectivity index (χ1n) is 13.5. The van der Waals surface area contributed by atoms with Gasteiger partial charge in [-0.1, -0.05) is 12.1 Å². The van der Waals surface area contributed by atoms with Gasteiger partial charge in [-0.25, -0.2) is 9.18 Å². The minimum absolute atomic E-state index is 0.0146. The van der Waals surface area contributed by atoms with Crippen molar-refractivity contribution in [2.75, 3.05) is 34.3 Å². The molecule has 2 aromatic carbocycles. The summed E-state index contributed by atoms with van der Waals surface area (Å²) in [6, 6.07) is 9.52. The summed E-state index contributed by atoms with van der Waals surface area (Å²) in [6.45, 7) is 6.21. The van der Waals surface area contributed by atoms with Crippen molar-refractivity contribution in [1.29, 1.82) is 0 Å². The van der Waals surface area contributed by atoms with Crippen LogP contribution in [-0.2, 0) is 16.0 Å². The SMILES string of the molecule is COc1cc2c(cc1C(=O)N1CCC(Cc3ccc(F)cc3)CC1)c(C(=O)C(=O)N(C)C)cn2C(=O)OC(C)(C)C. The highest BCUT2D eigenvalue weighted by atomic mass is 19.1. The Morgan fingerprint density at radius 2 is 1.63 bits per heavy atom. The van der Waals surface area contributed by atoms with E-state index in [0.717, 1.165) is 34.3 Å². The minimum atomic E-state index is -0.813. The van der Waals surface area contributed by atoms with Crippen molar-refractivity contribution in [1.82, 2.24) is 14.4 Å². The van der Waals surface area contributed by atoms with Crippen molar-refractivity contribution in [2.45, 2.75) is 45.6 Å². The molecule has 10 heteroatoms. The quantitative estimate of drug-likeness (QED) is 0.310. The van der Waals surface area contributed by atoms with Gasteiger partial charge in [-0.15, -0.1) is 0 Å². The number of nitrogens with zero attached hydrogens (tertiary/aromatic N) is 3. The molecular weight excluding hydrogens is 529 g/mol. The van der Waals surface area contributed by atoms with Gasteiger partial charge in [0.1, 0.15) is 17.2 Å². The van der Waals surface area contributed by atoms with Gasteiger partial charge in [-0.05, 0) is 69.7 Å². The number of piperidine rings is 1. The molecule has 1 aliphatic rings. The molecule has 1 fully saturated rings. The Bertz CT molecular complexity index is 1480. The van der Waals surface area contributed by atoms with E-state index in [-0.39, 0.29) is 39.5 Å². The average molecular weight is 566 g/mol. The zero-order valence-electron chi connectivity index (χ0n) is 24.3. The lowest BCUT2D eigenvalue weighted by Crippen LogP contribution is -2.39. The number of Topliss-reactive ketones (excluding diaryl/α,β-unsaturated/α-hetero) is 1. The van der Waals surface area contributed by atoms with Crippen LogP contribution in [0, 0.1) is 11.7 Å². The molecule has 9 nitrogen and oxygen atoms in total. The van der Waals surface area contributed by atoms with Crippen LogP contribution in [0.2, 0.25) is 0 Å². The number of methoxy groups -OCH3 is 1. The van der Waals surface area contributed by atoms with Crippen LogP contribution in [0.15, 0.2) is 42.6 Å². The van der Waals surface area contributed by atoms with Crippen molar-refractivity contribution in [3.63, 3.8) is 0 Å². The van der Waals surface area contributed by atoms with Crippen molar-refractivity contribution in [3.8, 4) is 5.75 Å². The van der Waals surface area contributed by atoms with Crippen LogP contribution in [0.1, 0.15) is 59.9 Å². The lowest BCUT2D eigenvalue weighted by Gasteiger charge is -2.32. The van der Waals surface area contributed by atoms with Crippen LogP contribution >= 0.6 is 0 Å². The van der Waals surface area contributed by atoms with Crippen molar-refractivity contribution >= 4 is 34.6 Å². The Morgan fingerprint density at radius 1 is 1.00 bits per heavy atom. The second-order valence-corrected chi connectivity index (χ2v) is 11.6. The summed E-state index contributed by atoms with van der Waals surface area (Å²) in [5, 5.41) is 0.270. The number of carbonyl (C=O) groups is 4. The van der Waals surface area contributed by atoms with Crippen LogP contribution in [0.5, 0.6) is 5.75 Å². The molecule has 1 aliphatic heterocycles. The molecule has 218 valence electrons. The molecule has 0 unspecified atom stereocenters. The van der Waals surface area contributed by atoms with Crippen LogP contribution in [-0.4, -0.2) is 78.0 Å². The highest BCUT2D eigenvalue weighted by molar-refractivity contribution is 6.45. The molecule has 2 amide bonds. The van der Waals surface area contributed by atoms with E-state index in [1.54, 1.807) is 37.8 Å². The fourth-order valence-corrected chi connectivity index (χ4v) is 5.01. The predicted octanol–water partition coefficient (Wildman–Crippen LogP) is 4.94. The first kappa shape index (κ1) is 29.8. The van der Waals surface area contributed by atoms with E-state index in [2.05, 4.69) is 0 Å². The zero-order chi connectivity index (χ0) is 30.1. The number of carbonyl (C=O) groups excluding carboxylic acids is 4. The van der Waals surface area contributed by atoms with E-state index < -0.39 is 23.4 Å². The largest absolute Gasteiger partial charge is 0.496 e. The van der Waals surface area contributed by atoms with E-state index in [9.17, 15) is 23.6 Å². The third kappa shape index (κ3) is 6.58. The van der Waals surface area contributed by atoms with Crippen LogP contribution in [0.4, 0.5) is 9.18 Å².